The molecule has 0 fully saturated rings. The molecular weight excluding hydrogens is 130 g/mol. The van der Waals surface area contributed by atoms with Crippen LogP contribution in [-0.2, 0) is 0 Å². The summed E-state index contributed by atoms with van der Waals surface area (Å²) in [7, 11) is 0. The van der Waals surface area contributed by atoms with E-state index in [9.17, 15) is 10.1 Å². The van der Waals surface area contributed by atoms with Gasteiger partial charge in [-0.1, -0.05) is 13.8 Å². The number of rotatable bonds is 4. The molecule has 0 aromatic heterocycles. The Bertz CT molecular complexity index is 125. The Morgan fingerprint density at radius 3 is 2.10 bits per heavy atom. The molecule has 0 amide bonds. The van der Waals surface area contributed by atoms with Gasteiger partial charge in [0.25, 0.3) is 0 Å². The Labute approximate surface area is 61.6 Å². The first-order valence-corrected chi connectivity index (χ1v) is 3.71. The SMILES string of the molecule is CCCC(C)(CC)[N+](=O)[O-]. The molecule has 0 aliphatic carbocycles. The molecule has 0 bridgehead atoms. The third-order valence-corrected chi connectivity index (χ3v) is 1.99. The van der Waals surface area contributed by atoms with Crippen LogP contribution < -0.4 is 0 Å². The molecule has 1 atom stereocenters. The molecule has 0 heterocycles. The zero-order chi connectivity index (χ0) is 8.20. The van der Waals surface area contributed by atoms with Gasteiger partial charge in [0, 0.05) is 24.7 Å². The minimum absolute atomic E-state index is 0.170. The first-order chi connectivity index (χ1) is 4.56. The minimum atomic E-state index is -0.686. The van der Waals surface area contributed by atoms with E-state index in [1.807, 2.05) is 13.8 Å². The van der Waals surface area contributed by atoms with Gasteiger partial charge in [-0.3, -0.25) is 10.1 Å². The fourth-order valence-electron chi connectivity index (χ4n) is 0.936. The van der Waals surface area contributed by atoms with Crippen molar-refractivity contribution in [2.24, 2.45) is 0 Å². The van der Waals surface area contributed by atoms with Gasteiger partial charge in [0.1, 0.15) is 0 Å². The van der Waals surface area contributed by atoms with E-state index in [4.69, 9.17) is 0 Å². The average Bonchev–Trinajstić information content (AvgIpc) is 1.88. The Balaban J connectivity index is 4.08. The van der Waals surface area contributed by atoms with E-state index >= 15 is 0 Å². The van der Waals surface area contributed by atoms with Crippen molar-refractivity contribution in [3.05, 3.63) is 10.1 Å². The largest absolute Gasteiger partial charge is 0.264 e. The summed E-state index contributed by atoms with van der Waals surface area (Å²) in [6.45, 7) is 5.53. The molecule has 0 saturated carbocycles. The van der Waals surface area contributed by atoms with Crippen LogP contribution in [0.25, 0.3) is 0 Å². The standard InChI is InChI=1S/C7H15NO2/c1-4-6-7(3,5-2)8(9)10/h4-6H2,1-3H3. The van der Waals surface area contributed by atoms with Gasteiger partial charge in [-0.15, -0.1) is 0 Å². The number of nitrogens with zero attached hydrogens (tertiary/aromatic N) is 1. The second-order valence-electron chi connectivity index (χ2n) is 2.86. The van der Waals surface area contributed by atoms with E-state index in [0.717, 1.165) is 6.42 Å². The predicted molar refractivity (Wildman–Crippen MR) is 40.6 cm³/mol. The molecule has 0 aliphatic heterocycles. The third-order valence-electron chi connectivity index (χ3n) is 1.99. The summed E-state index contributed by atoms with van der Waals surface area (Å²) in [4.78, 5) is 10.3. The Morgan fingerprint density at radius 2 is 2.00 bits per heavy atom. The van der Waals surface area contributed by atoms with Crippen molar-refractivity contribution in [1.29, 1.82) is 0 Å². The molecule has 0 aliphatic rings. The Hall–Kier alpha value is -0.600. The van der Waals surface area contributed by atoms with Gasteiger partial charge in [0.2, 0.25) is 5.54 Å². The fourth-order valence-corrected chi connectivity index (χ4v) is 0.936. The van der Waals surface area contributed by atoms with Gasteiger partial charge in [-0.2, -0.15) is 0 Å². The van der Waals surface area contributed by atoms with E-state index in [1.165, 1.54) is 0 Å². The fraction of sp³-hybridized carbons (Fsp3) is 1.00. The second kappa shape index (κ2) is 3.54. The van der Waals surface area contributed by atoms with Crippen LogP contribution in [0.4, 0.5) is 0 Å². The molecule has 10 heavy (non-hydrogen) atoms. The molecule has 0 aromatic rings. The van der Waals surface area contributed by atoms with Crippen LogP contribution in [0.5, 0.6) is 0 Å². The summed E-state index contributed by atoms with van der Waals surface area (Å²) in [5, 5.41) is 10.4. The average molecular weight is 145 g/mol. The van der Waals surface area contributed by atoms with Crippen molar-refractivity contribution in [2.45, 2.75) is 45.6 Å². The van der Waals surface area contributed by atoms with E-state index in [2.05, 4.69) is 0 Å². The highest BCUT2D eigenvalue weighted by atomic mass is 16.6. The molecular formula is C7H15NO2. The Morgan fingerprint density at radius 1 is 1.50 bits per heavy atom. The minimum Gasteiger partial charge on any atom is -0.264 e. The summed E-state index contributed by atoms with van der Waals surface area (Å²) in [6.07, 6.45) is 2.18. The molecule has 60 valence electrons. The lowest BCUT2D eigenvalue weighted by atomic mass is 9.94. The van der Waals surface area contributed by atoms with E-state index in [0.29, 0.717) is 12.8 Å². The first kappa shape index (κ1) is 9.40. The molecule has 0 rings (SSSR count). The maximum atomic E-state index is 10.4. The highest BCUT2D eigenvalue weighted by Gasteiger charge is 2.33. The van der Waals surface area contributed by atoms with Crippen molar-refractivity contribution in [2.75, 3.05) is 0 Å². The van der Waals surface area contributed by atoms with Gasteiger partial charge in [0.05, 0.1) is 0 Å². The molecule has 0 spiro atoms. The summed E-state index contributed by atoms with van der Waals surface area (Å²) >= 11 is 0. The van der Waals surface area contributed by atoms with Crippen molar-refractivity contribution < 1.29 is 4.92 Å². The Kier molecular flexibility index (Phi) is 3.33. The molecule has 3 nitrogen and oxygen atoms in total. The van der Waals surface area contributed by atoms with Crippen molar-refractivity contribution in [1.82, 2.24) is 0 Å². The molecule has 0 saturated heterocycles. The van der Waals surface area contributed by atoms with Gasteiger partial charge in [0.15, 0.2) is 0 Å². The second-order valence-corrected chi connectivity index (χ2v) is 2.86. The number of hydrogen-bond donors (Lipinski definition) is 0. The molecule has 3 heteroatoms. The van der Waals surface area contributed by atoms with Crippen LogP contribution in [0.1, 0.15) is 40.0 Å². The smallest absolute Gasteiger partial charge is 0.219 e. The van der Waals surface area contributed by atoms with Crippen LogP contribution in [0.3, 0.4) is 0 Å². The lowest BCUT2D eigenvalue weighted by molar-refractivity contribution is -0.567. The van der Waals surface area contributed by atoms with E-state index in [1.54, 1.807) is 6.92 Å². The zero-order valence-corrected chi connectivity index (χ0v) is 6.89. The summed E-state index contributed by atoms with van der Waals surface area (Å²) in [6, 6.07) is 0. The van der Waals surface area contributed by atoms with Crippen molar-refractivity contribution in [3.8, 4) is 0 Å². The van der Waals surface area contributed by atoms with Gasteiger partial charge in [-0.25, -0.2) is 0 Å². The first-order valence-electron chi connectivity index (χ1n) is 3.71. The van der Waals surface area contributed by atoms with Crippen LogP contribution in [0, 0.1) is 10.1 Å². The van der Waals surface area contributed by atoms with Crippen molar-refractivity contribution in [3.63, 3.8) is 0 Å². The monoisotopic (exact) mass is 145 g/mol. The van der Waals surface area contributed by atoms with E-state index < -0.39 is 5.54 Å². The summed E-state index contributed by atoms with van der Waals surface area (Å²) < 4.78 is 0. The van der Waals surface area contributed by atoms with Crippen LogP contribution >= 0.6 is 0 Å². The highest BCUT2D eigenvalue weighted by molar-refractivity contribution is 4.69. The quantitative estimate of drug-likeness (QED) is 0.449. The van der Waals surface area contributed by atoms with Gasteiger partial charge < -0.3 is 0 Å². The maximum absolute atomic E-state index is 10.4. The van der Waals surface area contributed by atoms with Crippen LogP contribution in [0.2, 0.25) is 0 Å². The lowest BCUT2D eigenvalue weighted by Crippen LogP contribution is -2.33. The summed E-state index contributed by atoms with van der Waals surface area (Å²) in [5.74, 6) is 0. The molecule has 0 aromatic carbocycles. The van der Waals surface area contributed by atoms with Crippen LogP contribution in [0.15, 0.2) is 0 Å². The molecule has 1 unspecified atom stereocenters. The molecule has 0 radical (unpaired) electrons. The topological polar surface area (TPSA) is 43.1 Å². The maximum Gasteiger partial charge on any atom is 0.219 e. The number of nitro groups is 1. The van der Waals surface area contributed by atoms with Gasteiger partial charge >= 0.3 is 0 Å². The molecule has 0 N–H and O–H groups in total. The predicted octanol–water partition coefficient (Wildman–Crippen LogP) is 2.23. The van der Waals surface area contributed by atoms with Crippen molar-refractivity contribution >= 4 is 0 Å². The van der Waals surface area contributed by atoms with Crippen LogP contribution in [-0.4, -0.2) is 10.5 Å². The van der Waals surface area contributed by atoms with E-state index in [-0.39, 0.29) is 4.92 Å². The normalized spacial score (nSPS) is 16.3. The lowest BCUT2D eigenvalue weighted by Gasteiger charge is -2.17. The van der Waals surface area contributed by atoms with Gasteiger partial charge in [-0.05, 0) is 6.42 Å². The zero-order valence-electron chi connectivity index (χ0n) is 6.89. The third kappa shape index (κ3) is 1.97. The number of hydrogen-bond acceptors (Lipinski definition) is 2. The summed E-state index contributed by atoms with van der Waals surface area (Å²) in [5.41, 5.74) is -0.686. The highest BCUT2D eigenvalue weighted by Crippen LogP contribution is 2.19.